The van der Waals surface area contributed by atoms with Crippen molar-refractivity contribution in [3.8, 4) is 0 Å². The summed E-state index contributed by atoms with van der Waals surface area (Å²) in [6, 6.07) is 12.8. The number of aliphatic carboxylic acids is 1. The lowest BCUT2D eigenvalue weighted by Gasteiger charge is -2.47. The van der Waals surface area contributed by atoms with Crippen LogP contribution in [0.4, 0.5) is 13.2 Å². The van der Waals surface area contributed by atoms with Gasteiger partial charge >= 0.3 is 12.1 Å². The first-order valence-corrected chi connectivity index (χ1v) is 10.9. The molecular weight excluding hydrogens is 429 g/mol. The van der Waals surface area contributed by atoms with Crippen LogP contribution in [0.3, 0.4) is 0 Å². The summed E-state index contributed by atoms with van der Waals surface area (Å²) in [6.45, 7) is 3.17. The van der Waals surface area contributed by atoms with Gasteiger partial charge in [0.05, 0.1) is 5.54 Å². The third-order valence-corrected chi connectivity index (χ3v) is 6.95. The molecule has 5 nitrogen and oxygen atoms in total. The topological polar surface area (TPSA) is 60.9 Å². The Kier molecular flexibility index (Phi) is 7.06. The zero-order valence-electron chi connectivity index (χ0n) is 17.1. The van der Waals surface area contributed by atoms with Crippen molar-refractivity contribution in [1.82, 2.24) is 9.80 Å². The molecule has 9 heteroatoms. The van der Waals surface area contributed by atoms with Crippen molar-refractivity contribution >= 4 is 23.2 Å². The number of piperidine rings is 1. The smallest absolute Gasteiger partial charge is 0.475 e. The molecule has 2 aromatic rings. The Morgan fingerprint density at radius 2 is 1.81 bits per heavy atom. The Morgan fingerprint density at radius 1 is 1.19 bits per heavy atom. The number of hydrogen-bond acceptors (Lipinski definition) is 4. The molecule has 2 aliphatic rings. The number of alkyl halides is 3. The van der Waals surface area contributed by atoms with E-state index in [0.29, 0.717) is 18.2 Å². The molecule has 1 aromatic carbocycles. The van der Waals surface area contributed by atoms with E-state index >= 15 is 0 Å². The standard InChI is InChI=1S/C20H24N2OS.C2HF3O2/c1-21-19(23)13-18(17-5-3-2-4-6-17)20(21)8-10-22(11-9-20)14-16-7-12-24-15-16;3-2(4,5)1(6)7/h2-7,12,15,18H,8-11,13-14H2,1H3;(H,6,7). The number of likely N-dealkylation sites (N-methyl/N-ethyl adjacent to an activating group) is 1. The molecule has 0 bridgehead atoms. The van der Waals surface area contributed by atoms with Crippen LogP contribution in [-0.2, 0) is 16.1 Å². The quantitative estimate of drug-likeness (QED) is 0.749. The molecule has 1 spiro atoms. The van der Waals surface area contributed by atoms with Gasteiger partial charge in [0.15, 0.2) is 0 Å². The first-order valence-electron chi connectivity index (χ1n) is 9.98. The summed E-state index contributed by atoms with van der Waals surface area (Å²) in [4.78, 5) is 26.0. The maximum atomic E-state index is 12.5. The number of halogens is 3. The predicted molar refractivity (Wildman–Crippen MR) is 112 cm³/mol. The van der Waals surface area contributed by atoms with Crippen molar-refractivity contribution < 1.29 is 27.9 Å². The number of amides is 1. The fourth-order valence-electron chi connectivity index (χ4n) is 4.52. The summed E-state index contributed by atoms with van der Waals surface area (Å²) >= 11 is 1.77. The fraction of sp³-hybridized carbons (Fsp3) is 0.455. The van der Waals surface area contributed by atoms with Crippen LogP contribution in [0, 0.1) is 0 Å². The lowest BCUT2D eigenvalue weighted by atomic mass is 9.73. The first kappa shape index (κ1) is 23.3. The number of carbonyl (C=O) groups excluding carboxylic acids is 1. The molecule has 1 amide bonds. The van der Waals surface area contributed by atoms with Crippen molar-refractivity contribution in [2.75, 3.05) is 20.1 Å². The van der Waals surface area contributed by atoms with Crippen molar-refractivity contribution in [3.63, 3.8) is 0 Å². The van der Waals surface area contributed by atoms with Crippen LogP contribution in [0.5, 0.6) is 0 Å². The van der Waals surface area contributed by atoms with Crippen molar-refractivity contribution in [1.29, 1.82) is 0 Å². The van der Waals surface area contributed by atoms with E-state index in [-0.39, 0.29) is 5.54 Å². The Bertz CT molecular complexity index is 879. The molecule has 2 saturated heterocycles. The average Bonchev–Trinajstić information content (AvgIpc) is 3.33. The summed E-state index contributed by atoms with van der Waals surface area (Å²) in [7, 11) is 2.01. The highest BCUT2D eigenvalue weighted by Gasteiger charge is 2.52. The third-order valence-electron chi connectivity index (χ3n) is 6.22. The molecule has 2 fully saturated rings. The molecule has 1 unspecified atom stereocenters. The van der Waals surface area contributed by atoms with Gasteiger partial charge in [-0.3, -0.25) is 9.69 Å². The Balaban J connectivity index is 0.000000339. The molecule has 3 heterocycles. The number of thiophene rings is 1. The van der Waals surface area contributed by atoms with E-state index in [0.717, 1.165) is 32.5 Å². The molecule has 0 aliphatic carbocycles. The zero-order valence-corrected chi connectivity index (χ0v) is 18.0. The summed E-state index contributed by atoms with van der Waals surface area (Å²) in [5, 5.41) is 11.5. The second-order valence-corrected chi connectivity index (χ2v) is 8.71. The molecular formula is C22H25F3N2O3S. The highest BCUT2D eigenvalue weighted by Crippen LogP contribution is 2.48. The van der Waals surface area contributed by atoms with E-state index < -0.39 is 12.1 Å². The molecule has 1 N–H and O–H groups in total. The second kappa shape index (κ2) is 9.40. The van der Waals surface area contributed by atoms with E-state index in [2.05, 4.69) is 57.0 Å². The van der Waals surface area contributed by atoms with Gasteiger partial charge in [-0.2, -0.15) is 24.5 Å². The number of benzene rings is 1. The fourth-order valence-corrected chi connectivity index (χ4v) is 5.18. The van der Waals surface area contributed by atoms with Gasteiger partial charge < -0.3 is 10.0 Å². The second-order valence-electron chi connectivity index (χ2n) is 7.93. The number of likely N-dealkylation sites (tertiary alicyclic amines) is 2. The highest BCUT2D eigenvalue weighted by atomic mass is 32.1. The Morgan fingerprint density at radius 3 is 2.32 bits per heavy atom. The van der Waals surface area contributed by atoms with Gasteiger partial charge in [-0.25, -0.2) is 4.79 Å². The van der Waals surface area contributed by atoms with Gasteiger partial charge in [-0.1, -0.05) is 30.3 Å². The molecule has 0 saturated carbocycles. The minimum atomic E-state index is -5.08. The van der Waals surface area contributed by atoms with Crippen LogP contribution in [0.2, 0.25) is 0 Å². The van der Waals surface area contributed by atoms with E-state index in [1.807, 2.05) is 7.05 Å². The Hall–Kier alpha value is -2.39. The number of nitrogens with zero attached hydrogens (tertiary/aromatic N) is 2. The SMILES string of the molecule is CN1C(=O)CC(c2ccccc2)C12CCN(Cc1ccsc1)CC2.O=C(O)C(F)(F)F. The van der Waals surface area contributed by atoms with Crippen LogP contribution in [-0.4, -0.2) is 58.6 Å². The number of rotatable bonds is 3. The number of hydrogen-bond donors (Lipinski definition) is 1. The molecule has 2 aliphatic heterocycles. The minimum Gasteiger partial charge on any atom is -0.475 e. The largest absolute Gasteiger partial charge is 0.490 e. The van der Waals surface area contributed by atoms with Gasteiger partial charge in [-0.15, -0.1) is 0 Å². The summed E-state index contributed by atoms with van der Waals surface area (Å²) in [5.74, 6) is -2.12. The molecule has 168 valence electrons. The van der Waals surface area contributed by atoms with Crippen molar-refractivity contribution in [2.24, 2.45) is 0 Å². The van der Waals surface area contributed by atoms with Gasteiger partial charge in [0.1, 0.15) is 0 Å². The molecule has 0 radical (unpaired) electrons. The van der Waals surface area contributed by atoms with Crippen molar-refractivity contribution in [2.45, 2.75) is 43.4 Å². The summed E-state index contributed by atoms with van der Waals surface area (Å²) in [5.41, 5.74) is 2.73. The Labute approximate surface area is 183 Å². The third kappa shape index (κ3) is 5.27. The maximum Gasteiger partial charge on any atom is 0.490 e. The highest BCUT2D eigenvalue weighted by molar-refractivity contribution is 7.07. The number of carboxylic acids is 1. The number of carbonyl (C=O) groups is 2. The van der Waals surface area contributed by atoms with Crippen LogP contribution >= 0.6 is 11.3 Å². The molecule has 4 rings (SSSR count). The van der Waals surface area contributed by atoms with E-state index in [1.165, 1.54) is 11.1 Å². The van der Waals surface area contributed by atoms with Gasteiger partial charge in [0.2, 0.25) is 5.91 Å². The van der Waals surface area contributed by atoms with Gasteiger partial charge in [0.25, 0.3) is 0 Å². The predicted octanol–water partition coefficient (Wildman–Crippen LogP) is 4.36. The molecule has 1 aromatic heterocycles. The summed E-state index contributed by atoms with van der Waals surface area (Å²) in [6.07, 6.45) is -2.29. The van der Waals surface area contributed by atoms with E-state index in [4.69, 9.17) is 9.90 Å². The lowest BCUT2D eigenvalue weighted by molar-refractivity contribution is -0.192. The average molecular weight is 455 g/mol. The van der Waals surface area contributed by atoms with Gasteiger partial charge in [-0.05, 0) is 40.8 Å². The van der Waals surface area contributed by atoms with Crippen LogP contribution in [0.1, 0.15) is 36.3 Å². The maximum absolute atomic E-state index is 12.5. The minimum absolute atomic E-state index is 0.00355. The van der Waals surface area contributed by atoms with Crippen molar-refractivity contribution in [3.05, 3.63) is 58.3 Å². The lowest BCUT2D eigenvalue weighted by Crippen LogP contribution is -2.53. The molecule has 31 heavy (non-hydrogen) atoms. The van der Waals surface area contributed by atoms with Crippen LogP contribution < -0.4 is 0 Å². The van der Waals surface area contributed by atoms with Crippen LogP contribution in [0.25, 0.3) is 0 Å². The van der Waals surface area contributed by atoms with E-state index in [1.54, 1.807) is 11.3 Å². The molecule has 1 atom stereocenters. The van der Waals surface area contributed by atoms with Crippen LogP contribution in [0.15, 0.2) is 47.2 Å². The first-order chi connectivity index (χ1) is 14.6. The van der Waals surface area contributed by atoms with E-state index in [9.17, 15) is 18.0 Å². The van der Waals surface area contributed by atoms with Gasteiger partial charge in [0, 0.05) is 39.0 Å². The summed E-state index contributed by atoms with van der Waals surface area (Å²) < 4.78 is 31.7. The number of carboxylic acid groups (broad SMARTS) is 1. The monoisotopic (exact) mass is 454 g/mol. The zero-order chi connectivity index (χ0) is 22.6. The normalized spacial score (nSPS) is 21.1.